The second-order valence-electron chi connectivity index (χ2n) is 17.9. The van der Waals surface area contributed by atoms with Gasteiger partial charge in [-0.2, -0.15) is 13.2 Å². The minimum Gasteiger partial charge on any atom is -0.497 e. The van der Waals surface area contributed by atoms with Gasteiger partial charge in [0.15, 0.2) is 12.2 Å². The molecule has 1 saturated heterocycles. The summed E-state index contributed by atoms with van der Waals surface area (Å²) >= 11 is 0. The molecule has 4 aliphatic rings. The molecule has 2 aliphatic heterocycles. The fourth-order valence-electron chi connectivity index (χ4n) is 8.38. The van der Waals surface area contributed by atoms with Crippen LogP contribution in [0.1, 0.15) is 86.0 Å². The number of carbonyl (C=O) groups excluding carboxylic acids is 4. The van der Waals surface area contributed by atoms with Crippen LogP contribution in [0.25, 0.3) is 22.1 Å². The molecule has 3 fully saturated rings. The zero-order valence-electron chi connectivity index (χ0n) is 35.9. The van der Waals surface area contributed by atoms with E-state index in [9.17, 15) is 36.0 Å². The van der Waals surface area contributed by atoms with E-state index in [1.165, 1.54) is 37.7 Å². The van der Waals surface area contributed by atoms with Gasteiger partial charge in [0, 0.05) is 34.9 Å². The minimum atomic E-state index is -4.93. The molecule has 4 amide bonds. The molecule has 7 unspecified atom stereocenters. The molecule has 63 heavy (non-hydrogen) atoms. The Bertz CT molecular complexity index is 2390. The van der Waals surface area contributed by atoms with Crippen LogP contribution < -0.4 is 24.8 Å². The lowest BCUT2D eigenvalue weighted by Gasteiger charge is -2.35. The summed E-state index contributed by atoms with van der Waals surface area (Å²) in [5, 5.41) is 6.39. The predicted molar refractivity (Wildman–Crippen MR) is 221 cm³/mol. The van der Waals surface area contributed by atoms with E-state index in [2.05, 4.69) is 25.3 Å². The van der Waals surface area contributed by atoms with Crippen molar-refractivity contribution in [3.63, 3.8) is 0 Å². The minimum absolute atomic E-state index is 0.0516. The van der Waals surface area contributed by atoms with E-state index in [4.69, 9.17) is 18.6 Å². The number of nitrogens with one attached hydrogen (secondary N) is 3. The molecule has 2 aromatic heterocycles. The average molecular weight is 903 g/mol. The summed E-state index contributed by atoms with van der Waals surface area (Å²) in [5.74, 6) is -2.65. The van der Waals surface area contributed by atoms with Crippen molar-refractivity contribution >= 4 is 44.6 Å². The zero-order valence-corrected chi connectivity index (χ0v) is 36.7. The van der Waals surface area contributed by atoms with Crippen LogP contribution in [0.5, 0.6) is 11.6 Å². The number of alkyl halides is 3. The molecule has 4 heterocycles. The standard InChI is InChI=1S/C43H53F3N6O10S/c1-7-25-16-24(2)10-8-9-11-26-19-42(26,38(55)51-63(57,58)41(5)14-15-41)50-35(53)32-18-28(22-52(32)37(54)34(25)49-39(56)62-40(3,4)43(44,45)46)61-36-29-13-12-27(59-6)17-30(29)31(20-48-36)33-21-47-23-60-33/h9,11-13,17,20-21,23-26,28,32,34H,7-8,10,14-16,18-19,22H2,1-6H3,(H,49,56)(H,50,53)(H,51,55). The molecular weight excluding hydrogens is 850 g/mol. The number of benzene rings is 1. The first kappa shape index (κ1) is 45.6. The number of pyridine rings is 1. The third-order valence-corrected chi connectivity index (χ3v) is 15.1. The van der Waals surface area contributed by atoms with E-state index < -0.39 is 85.9 Å². The van der Waals surface area contributed by atoms with E-state index >= 15 is 4.79 Å². The van der Waals surface area contributed by atoms with Gasteiger partial charge in [-0.3, -0.25) is 19.1 Å². The molecule has 7 atom stereocenters. The van der Waals surface area contributed by atoms with Crippen molar-refractivity contribution in [3.05, 3.63) is 49.1 Å². The van der Waals surface area contributed by atoms with E-state index in [0.717, 1.165) is 0 Å². The number of allylic oxidation sites excluding steroid dienone is 1. The number of amides is 4. The number of sulfonamides is 1. The van der Waals surface area contributed by atoms with Crippen LogP contribution in [-0.4, -0.2) is 101 Å². The molecule has 1 aromatic carbocycles. The first-order chi connectivity index (χ1) is 29.6. The monoisotopic (exact) mass is 902 g/mol. The number of rotatable bonds is 10. The van der Waals surface area contributed by atoms with Crippen LogP contribution in [0.15, 0.2) is 53.6 Å². The lowest BCUT2D eigenvalue weighted by atomic mass is 9.85. The topological polar surface area (TPSA) is 208 Å². The van der Waals surface area contributed by atoms with Gasteiger partial charge in [0.1, 0.15) is 29.5 Å². The molecule has 2 saturated carbocycles. The Morgan fingerprint density at radius 1 is 1.11 bits per heavy atom. The maximum absolute atomic E-state index is 15.0. The highest BCUT2D eigenvalue weighted by molar-refractivity contribution is 7.91. The number of fused-ring (bicyclic) bond motifs is 3. The van der Waals surface area contributed by atoms with Crippen LogP contribution in [0, 0.1) is 17.8 Å². The Balaban J connectivity index is 1.26. The molecule has 2 aliphatic carbocycles. The number of ether oxygens (including phenoxy) is 3. The number of aromatic nitrogens is 2. The van der Waals surface area contributed by atoms with Gasteiger partial charge >= 0.3 is 12.3 Å². The van der Waals surface area contributed by atoms with Crippen molar-refractivity contribution in [1.29, 1.82) is 0 Å². The van der Waals surface area contributed by atoms with Crippen LogP contribution >= 0.6 is 0 Å². The van der Waals surface area contributed by atoms with Crippen molar-refractivity contribution in [2.75, 3.05) is 13.7 Å². The molecule has 0 radical (unpaired) electrons. The highest BCUT2D eigenvalue weighted by Crippen LogP contribution is 2.48. The molecule has 16 nitrogen and oxygen atoms in total. The molecule has 3 N–H and O–H groups in total. The Morgan fingerprint density at radius 2 is 1.86 bits per heavy atom. The Hall–Kier alpha value is -5.40. The quantitative estimate of drug-likeness (QED) is 0.202. The average Bonchev–Trinajstić information content (AvgIpc) is 3.98. The fraction of sp³-hybridized carbons (Fsp3) is 0.581. The number of oxazole rings is 1. The number of hydrogen-bond donors (Lipinski definition) is 3. The summed E-state index contributed by atoms with van der Waals surface area (Å²) in [6.07, 6.45) is 3.13. The molecule has 3 aromatic rings. The second-order valence-corrected chi connectivity index (χ2v) is 20.1. The molecule has 0 spiro atoms. The molecular formula is C43H53F3N6O10S. The lowest BCUT2D eigenvalue weighted by molar-refractivity contribution is -0.244. The number of alkyl carbamates (subject to hydrolysis) is 1. The zero-order chi connectivity index (χ0) is 45.7. The van der Waals surface area contributed by atoms with E-state index in [1.807, 2.05) is 13.0 Å². The van der Waals surface area contributed by atoms with E-state index in [-0.39, 0.29) is 31.2 Å². The predicted octanol–water partition coefficient (Wildman–Crippen LogP) is 5.96. The number of carbonyl (C=O) groups is 4. The molecule has 20 heteroatoms. The highest BCUT2D eigenvalue weighted by Gasteiger charge is 2.63. The molecule has 7 rings (SSSR count). The number of hydrogen-bond acceptors (Lipinski definition) is 12. The second kappa shape index (κ2) is 17.0. The summed E-state index contributed by atoms with van der Waals surface area (Å²) in [6.45, 7) is 6.42. The largest absolute Gasteiger partial charge is 0.497 e. The van der Waals surface area contributed by atoms with Gasteiger partial charge in [0.2, 0.25) is 33.3 Å². The first-order valence-electron chi connectivity index (χ1n) is 21.1. The fourth-order valence-corrected chi connectivity index (χ4v) is 9.69. The van der Waals surface area contributed by atoms with Crippen LogP contribution in [0.4, 0.5) is 18.0 Å². The number of halogens is 3. The highest BCUT2D eigenvalue weighted by atomic mass is 32.2. The maximum atomic E-state index is 15.0. The van der Waals surface area contributed by atoms with Gasteiger partial charge in [-0.15, -0.1) is 0 Å². The Kier molecular flexibility index (Phi) is 12.3. The maximum Gasteiger partial charge on any atom is 0.427 e. The third-order valence-electron chi connectivity index (χ3n) is 12.9. The molecule has 342 valence electrons. The van der Waals surface area contributed by atoms with Gasteiger partial charge in [-0.05, 0) is 89.3 Å². The Morgan fingerprint density at radius 3 is 2.51 bits per heavy atom. The van der Waals surface area contributed by atoms with E-state index in [0.29, 0.717) is 80.2 Å². The molecule has 0 bridgehead atoms. The summed E-state index contributed by atoms with van der Waals surface area (Å²) in [5.41, 5.74) is -4.00. The first-order valence-corrected chi connectivity index (χ1v) is 22.5. The van der Waals surface area contributed by atoms with Gasteiger partial charge in [0.25, 0.3) is 5.91 Å². The SMILES string of the molecule is CCC1CC(C)CCC=CC2CC2(C(=O)NS(=O)(=O)C2(C)CC2)NC(=O)C2CC(Oc3ncc(-c4cnco4)c4cc(OC)ccc34)CN2C(=O)C1NC(=O)OC(C)(C)C(F)(F)F. The Labute approximate surface area is 363 Å². The summed E-state index contributed by atoms with van der Waals surface area (Å²) < 4.78 is 91.6. The van der Waals surface area contributed by atoms with Crippen LogP contribution in [0.3, 0.4) is 0 Å². The van der Waals surface area contributed by atoms with E-state index in [1.54, 1.807) is 31.2 Å². The van der Waals surface area contributed by atoms with Crippen molar-refractivity contribution in [1.82, 2.24) is 30.2 Å². The van der Waals surface area contributed by atoms with Gasteiger partial charge < -0.3 is 34.2 Å². The normalized spacial score (nSPS) is 27.5. The lowest BCUT2D eigenvalue weighted by Crippen LogP contribution is -2.60. The van der Waals surface area contributed by atoms with Crippen molar-refractivity contribution in [3.8, 4) is 23.0 Å². The van der Waals surface area contributed by atoms with Crippen molar-refractivity contribution in [2.45, 2.75) is 126 Å². The van der Waals surface area contributed by atoms with Crippen molar-refractivity contribution < 1.29 is 59.4 Å². The van der Waals surface area contributed by atoms with Gasteiger partial charge in [-0.25, -0.2) is 23.2 Å². The summed E-state index contributed by atoms with van der Waals surface area (Å²) in [6, 6.07) is 2.37. The van der Waals surface area contributed by atoms with Gasteiger partial charge in [0.05, 0.1) is 24.6 Å². The summed E-state index contributed by atoms with van der Waals surface area (Å²) in [7, 11) is -2.59. The van der Waals surface area contributed by atoms with Gasteiger partial charge in [-0.1, -0.05) is 32.4 Å². The number of methoxy groups -OCH3 is 1. The summed E-state index contributed by atoms with van der Waals surface area (Å²) in [4.78, 5) is 66.9. The smallest absolute Gasteiger partial charge is 0.427 e. The van der Waals surface area contributed by atoms with Crippen LogP contribution in [0.2, 0.25) is 0 Å². The number of nitrogens with zero attached hydrogens (tertiary/aromatic N) is 3. The van der Waals surface area contributed by atoms with Crippen molar-refractivity contribution in [2.24, 2.45) is 17.8 Å². The van der Waals surface area contributed by atoms with Crippen LogP contribution in [-0.2, 0) is 29.1 Å². The third kappa shape index (κ3) is 9.18.